The highest BCUT2D eigenvalue weighted by Gasteiger charge is 2.08. The number of hydrogen-bond acceptors (Lipinski definition) is 2. The maximum atomic E-state index is 9.48. The fourth-order valence-electron chi connectivity index (χ4n) is 2.36. The summed E-state index contributed by atoms with van der Waals surface area (Å²) in [6.07, 6.45) is 16.6. The number of hydrogen-bond donors (Lipinski definition) is 2. The quantitative estimate of drug-likeness (QED) is 0.344. The zero-order valence-electron chi connectivity index (χ0n) is 13.6. The molecular weight excluding hydrogens is 234 g/mol. The third-order valence-corrected chi connectivity index (χ3v) is 3.59. The Balaban J connectivity index is 2.99. The molecule has 0 aliphatic heterocycles. The molecule has 0 heterocycles. The number of rotatable bonds is 14. The minimum atomic E-state index is -0.711. The van der Waals surface area contributed by atoms with Gasteiger partial charge in [-0.1, -0.05) is 77.6 Å². The van der Waals surface area contributed by atoms with Gasteiger partial charge in [-0.05, 0) is 26.8 Å². The van der Waals surface area contributed by atoms with Gasteiger partial charge in [0.15, 0.2) is 0 Å². The molecular formula is C17H37NO. The second-order valence-electron chi connectivity index (χ2n) is 6.37. The van der Waals surface area contributed by atoms with Crippen molar-refractivity contribution in [2.24, 2.45) is 0 Å². The van der Waals surface area contributed by atoms with Crippen LogP contribution in [-0.2, 0) is 0 Å². The van der Waals surface area contributed by atoms with Crippen molar-refractivity contribution in [1.82, 2.24) is 5.32 Å². The van der Waals surface area contributed by atoms with Crippen molar-refractivity contribution in [2.45, 2.75) is 104 Å². The fourth-order valence-corrected chi connectivity index (χ4v) is 2.36. The van der Waals surface area contributed by atoms with Crippen LogP contribution in [-0.4, -0.2) is 17.4 Å². The van der Waals surface area contributed by atoms with E-state index in [0.29, 0.717) is 0 Å². The molecule has 0 aromatic carbocycles. The summed E-state index contributed by atoms with van der Waals surface area (Å²) in [7, 11) is 0. The number of aliphatic hydroxyl groups is 1. The van der Waals surface area contributed by atoms with Crippen LogP contribution in [0.15, 0.2) is 0 Å². The van der Waals surface area contributed by atoms with Gasteiger partial charge in [-0.15, -0.1) is 0 Å². The standard InChI is InChI=1S/C17H37NO/c1-4-5-6-7-8-9-10-11-12-13-14-15-16-18-17(2,3)19/h18-19H,4-16H2,1-3H3. The Kier molecular flexibility index (Phi) is 12.9. The Bertz CT molecular complexity index is 175. The van der Waals surface area contributed by atoms with Gasteiger partial charge in [-0.2, -0.15) is 0 Å². The van der Waals surface area contributed by atoms with E-state index in [1.54, 1.807) is 13.8 Å². The molecule has 2 N–H and O–H groups in total. The Morgan fingerprint density at radius 1 is 0.684 bits per heavy atom. The molecule has 0 saturated heterocycles. The molecule has 0 aromatic heterocycles. The first-order chi connectivity index (χ1) is 9.06. The molecule has 0 amide bonds. The lowest BCUT2D eigenvalue weighted by molar-refractivity contribution is 0.0435. The van der Waals surface area contributed by atoms with Crippen molar-refractivity contribution in [3.05, 3.63) is 0 Å². The monoisotopic (exact) mass is 271 g/mol. The van der Waals surface area contributed by atoms with Gasteiger partial charge in [0, 0.05) is 0 Å². The highest BCUT2D eigenvalue weighted by molar-refractivity contribution is 4.61. The van der Waals surface area contributed by atoms with E-state index in [2.05, 4.69) is 12.2 Å². The Hall–Kier alpha value is -0.0800. The molecule has 0 aliphatic carbocycles. The molecule has 0 saturated carbocycles. The van der Waals surface area contributed by atoms with Crippen LogP contribution in [0.1, 0.15) is 97.8 Å². The minimum absolute atomic E-state index is 0.711. The van der Waals surface area contributed by atoms with Gasteiger partial charge in [-0.25, -0.2) is 0 Å². The molecule has 0 spiro atoms. The maximum Gasteiger partial charge on any atom is 0.110 e. The number of nitrogens with one attached hydrogen (secondary N) is 1. The van der Waals surface area contributed by atoms with E-state index in [4.69, 9.17) is 0 Å². The summed E-state index contributed by atoms with van der Waals surface area (Å²) < 4.78 is 0. The van der Waals surface area contributed by atoms with E-state index < -0.39 is 5.72 Å². The van der Waals surface area contributed by atoms with Gasteiger partial charge in [0.25, 0.3) is 0 Å². The van der Waals surface area contributed by atoms with Gasteiger partial charge in [0.05, 0.1) is 0 Å². The molecule has 116 valence electrons. The topological polar surface area (TPSA) is 32.3 Å². The third-order valence-electron chi connectivity index (χ3n) is 3.59. The van der Waals surface area contributed by atoms with Crippen LogP contribution in [0.25, 0.3) is 0 Å². The first kappa shape index (κ1) is 18.9. The molecule has 0 fully saturated rings. The van der Waals surface area contributed by atoms with Gasteiger partial charge in [-0.3, -0.25) is 5.32 Å². The molecule has 0 bridgehead atoms. The minimum Gasteiger partial charge on any atom is -0.376 e. The zero-order chi connectivity index (χ0) is 14.4. The second kappa shape index (κ2) is 12.9. The van der Waals surface area contributed by atoms with Crippen molar-refractivity contribution in [3.63, 3.8) is 0 Å². The Labute approximate surface area is 121 Å². The summed E-state index contributed by atoms with van der Waals surface area (Å²) in [5, 5.41) is 12.6. The van der Waals surface area contributed by atoms with Crippen LogP contribution in [0, 0.1) is 0 Å². The predicted octanol–water partition coefficient (Wildman–Crippen LogP) is 5.01. The Morgan fingerprint density at radius 3 is 1.42 bits per heavy atom. The smallest absolute Gasteiger partial charge is 0.110 e. The predicted molar refractivity (Wildman–Crippen MR) is 85.4 cm³/mol. The molecule has 19 heavy (non-hydrogen) atoms. The van der Waals surface area contributed by atoms with Crippen LogP contribution >= 0.6 is 0 Å². The van der Waals surface area contributed by atoms with Crippen molar-refractivity contribution < 1.29 is 5.11 Å². The molecule has 0 aliphatic rings. The van der Waals surface area contributed by atoms with Crippen LogP contribution in [0.5, 0.6) is 0 Å². The van der Waals surface area contributed by atoms with Crippen LogP contribution < -0.4 is 5.32 Å². The molecule has 2 nitrogen and oxygen atoms in total. The Morgan fingerprint density at radius 2 is 1.05 bits per heavy atom. The van der Waals surface area contributed by atoms with E-state index in [1.165, 1.54) is 77.0 Å². The van der Waals surface area contributed by atoms with Crippen LogP contribution in [0.3, 0.4) is 0 Å². The lowest BCUT2D eigenvalue weighted by Crippen LogP contribution is -2.39. The first-order valence-electron chi connectivity index (χ1n) is 8.53. The van der Waals surface area contributed by atoms with E-state index in [0.717, 1.165) is 6.54 Å². The van der Waals surface area contributed by atoms with Gasteiger partial charge in [0.1, 0.15) is 5.72 Å². The highest BCUT2D eigenvalue weighted by Crippen LogP contribution is 2.11. The molecule has 0 unspecified atom stereocenters. The van der Waals surface area contributed by atoms with Crippen LogP contribution in [0.2, 0.25) is 0 Å². The van der Waals surface area contributed by atoms with Crippen molar-refractivity contribution in [2.75, 3.05) is 6.54 Å². The van der Waals surface area contributed by atoms with Crippen molar-refractivity contribution in [3.8, 4) is 0 Å². The number of unbranched alkanes of at least 4 members (excludes halogenated alkanes) is 11. The molecule has 2 heteroatoms. The van der Waals surface area contributed by atoms with E-state index in [-0.39, 0.29) is 0 Å². The molecule has 0 radical (unpaired) electrons. The van der Waals surface area contributed by atoms with E-state index in [1.807, 2.05) is 0 Å². The maximum absolute atomic E-state index is 9.48. The van der Waals surface area contributed by atoms with Crippen LogP contribution in [0.4, 0.5) is 0 Å². The summed E-state index contributed by atoms with van der Waals surface area (Å²) in [5.41, 5.74) is -0.711. The van der Waals surface area contributed by atoms with E-state index >= 15 is 0 Å². The lowest BCUT2D eigenvalue weighted by atomic mass is 10.1. The summed E-state index contributed by atoms with van der Waals surface area (Å²) in [6.45, 7) is 6.80. The third kappa shape index (κ3) is 17.9. The molecule has 0 atom stereocenters. The first-order valence-corrected chi connectivity index (χ1v) is 8.53. The zero-order valence-corrected chi connectivity index (χ0v) is 13.6. The second-order valence-corrected chi connectivity index (χ2v) is 6.37. The van der Waals surface area contributed by atoms with Gasteiger partial charge < -0.3 is 5.11 Å². The average Bonchev–Trinajstić information content (AvgIpc) is 2.34. The summed E-state index contributed by atoms with van der Waals surface area (Å²) >= 11 is 0. The normalized spacial score (nSPS) is 12.0. The SMILES string of the molecule is CCCCCCCCCCCCCCNC(C)(C)O. The largest absolute Gasteiger partial charge is 0.376 e. The van der Waals surface area contributed by atoms with Crippen molar-refractivity contribution >= 4 is 0 Å². The summed E-state index contributed by atoms with van der Waals surface area (Å²) in [5.74, 6) is 0. The fraction of sp³-hybridized carbons (Fsp3) is 1.00. The van der Waals surface area contributed by atoms with Gasteiger partial charge >= 0.3 is 0 Å². The van der Waals surface area contributed by atoms with E-state index in [9.17, 15) is 5.11 Å². The molecule has 0 rings (SSSR count). The average molecular weight is 271 g/mol. The van der Waals surface area contributed by atoms with Crippen molar-refractivity contribution in [1.29, 1.82) is 0 Å². The van der Waals surface area contributed by atoms with Gasteiger partial charge in [0.2, 0.25) is 0 Å². The molecule has 0 aromatic rings. The highest BCUT2D eigenvalue weighted by atomic mass is 16.3. The lowest BCUT2D eigenvalue weighted by Gasteiger charge is -2.18. The summed E-state index contributed by atoms with van der Waals surface area (Å²) in [6, 6.07) is 0. The summed E-state index contributed by atoms with van der Waals surface area (Å²) in [4.78, 5) is 0.